The second-order valence-electron chi connectivity index (χ2n) is 7.78. The van der Waals surface area contributed by atoms with Crippen LogP contribution in [0, 0.1) is 12.8 Å². The first-order valence-electron chi connectivity index (χ1n) is 10.5. The number of carbonyl (C=O) groups is 3. The summed E-state index contributed by atoms with van der Waals surface area (Å²) in [5.74, 6) is -0.392. The van der Waals surface area contributed by atoms with Crippen molar-refractivity contribution in [3.05, 3.63) is 65.2 Å². The zero-order valence-electron chi connectivity index (χ0n) is 17.6. The maximum Gasteiger partial charge on any atom is 0.255 e. The molecular weight excluding hydrogens is 378 g/mol. The number of nitrogens with one attached hydrogen (secondary N) is 2. The molecule has 1 aliphatic heterocycles. The highest BCUT2D eigenvalue weighted by atomic mass is 16.2. The fraction of sp³-hybridized carbons (Fsp3) is 0.375. The standard InChI is InChI=1S/C24H29N3O3/c1-3-14-25-22(28)20-5-4-15-27(16-20)24(30)19-10-12-21(13-11-19)26-23(29)18-8-6-17(2)7-9-18/h6-13,20H,3-5,14-16H2,1-2H3,(H,25,28)(H,26,29)/t20-/m0/s1. The molecule has 0 spiro atoms. The van der Waals surface area contributed by atoms with Gasteiger partial charge in [-0.2, -0.15) is 0 Å². The van der Waals surface area contributed by atoms with Crippen molar-refractivity contribution >= 4 is 23.4 Å². The fourth-order valence-electron chi connectivity index (χ4n) is 3.56. The number of likely N-dealkylation sites (tertiary alicyclic amines) is 1. The van der Waals surface area contributed by atoms with Crippen LogP contribution in [0.5, 0.6) is 0 Å². The lowest BCUT2D eigenvalue weighted by atomic mass is 9.96. The number of aryl methyl sites for hydroxylation is 1. The predicted octanol–water partition coefficient (Wildman–Crippen LogP) is 3.63. The number of nitrogens with zero attached hydrogens (tertiary/aromatic N) is 1. The number of rotatable bonds is 6. The van der Waals surface area contributed by atoms with Gasteiger partial charge in [0.15, 0.2) is 0 Å². The van der Waals surface area contributed by atoms with Crippen LogP contribution in [0.2, 0.25) is 0 Å². The second kappa shape index (κ2) is 10.1. The van der Waals surface area contributed by atoms with E-state index in [2.05, 4.69) is 10.6 Å². The molecule has 3 rings (SSSR count). The summed E-state index contributed by atoms with van der Waals surface area (Å²) in [6.07, 6.45) is 2.53. The van der Waals surface area contributed by atoms with E-state index in [1.807, 2.05) is 26.0 Å². The molecule has 0 unspecified atom stereocenters. The molecule has 2 aromatic carbocycles. The molecule has 30 heavy (non-hydrogen) atoms. The Morgan fingerprint density at radius 3 is 2.33 bits per heavy atom. The molecule has 1 heterocycles. The average Bonchev–Trinajstić information content (AvgIpc) is 2.78. The third-order valence-corrected chi connectivity index (χ3v) is 5.33. The molecule has 0 aromatic heterocycles. The first kappa shape index (κ1) is 21.6. The van der Waals surface area contributed by atoms with Crippen LogP contribution < -0.4 is 10.6 Å². The van der Waals surface area contributed by atoms with E-state index >= 15 is 0 Å². The molecule has 1 saturated heterocycles. The molecule has 0 aliphatic carbocycles. The zero-order chi connectivity index (χ0) is 21.5. The minimum atomic E-state index is -0.189. The summed E-state index contributed by atoms with van der Waals surface area (Å²) < 4.78 is 0. The van der Waals surface area contributed by atoms with Crippen molar-refractivity contribution in [3.8, 4) is 0 Å². The van der Waals surface area contributed by atoms with E-state index < -0.39 is 0 Å². The molecule has 3 amide bonds. The molecular formula is C24H29N3O3. The average molecular weight is 408 g/mol. The van der Waals surface area contributed by atoms with Gasteiger partial charge < -0.3 is 15.5 Å². The topological polar surface area (TPSA) is 78.5 Å². The van der Waals surface area contributed by atoms with Crippen molar-refractivity contribution in [2.24, 2.45) is 5.92 Å². The molecule has 1 aliphatic rings. The Kier molecular flexibility index (Phi) is 7.22. The smallest absolute Gasteiger partial charge is 0.255 e. The maximum absolute atomic E-state index is 12.9. The van der Waals surface area contributed by atoms with Crippen molar-refractivity contribution in [2.75, 3.05) is 25.0 Å². The molecule has 6 nitrogen and oxygen atoms in total. The van der Waals surface area contributed by atoms with Gasteiger partial charge >= 0.3 is 0 Å². The Labute approximate surface area is 177 Å². The molecule has 0 bridgehead atoms. The number of hydrogen-bond acceptors (Lipinski definition) is 3. The Bertz CT molecular complexity index is 891. The number of amides is 3. The summed E-state index contributed by atoms with van der Waals surface area (Å²) in [7, 11) is 0. The number of piperidine rings is 1. The molecule has 1 atom stereocenters. The van der Waals surface area contributed by atoms with Crippen LogP contribution in [-0.4, -0.2) is 42.3 Å². The molecule has 158 valence electrons. The van der Waals surface area contributed by atoms with Gasteiger partial charge in [0.25, 0.3) is 11.8 Å². The summed E-state index contributed by atoms with van der Waals surface area (Å²) in [6.45, 7) is 5.76. The van der Waals surface area contributed by atoms with Crippen LogP contribution in [0.15, 0.2) is 48.5 Å². The second-order valence-corrected chi connectivity index (χ2v) is 7.78. The van der Waals surface area contributed by atoms with E-state index in [1.54, 1.807) is 41.3 Å². The van der Waals surface area contributed by atoms with Crippen molar-refractivity contribution in [1.82, 2.24) is 10.2 Å². The van der Waals surface area contributed by atoms with Crippen LogP contribution in [0.1, 0.15) is 52.5 Å². The zero-order valence-corrected chi connectivity index (χ0v) is 17.6. The van der Waals surface area contributed by atoms with E-state index in [4.69, 9.17) is 0 Å². The lowest BCUT2D eigenvalue weighted by molar-refractivity contribution is -0.126. The van der Waals surface area contributed by atoms with Gasteiger partial charge in [-0.25, -0.2) is 0 Å². The van der Waals surface area contributed by atoms with E-state index in [-0.39, 0.29) is 23.6 Å². The Balaban J connectivity index is 1.59. The highest BCUT2D eigenvalue weighted by Gasteiger charge is 2.28. The summed E-state index contributed by atoms with van der Waals surface area (Å²) >= 11 is 0. The van der Waals surface area contributed by atoms with Gasteiger partial charge in [-0.15, -0.1) is 0 Å². The monoisotopic (exact) mass is 407 g/mol. The van der Waals surface area contributed by atoms with Gasteiger partial charge in [0.2, 0.25) is 5.91 Å². The SMILES string of the molecule is CCCNC(=O)[C@H]1CCCN(C(=O)c2ccc(NC(=O)c3ccc(C)cc3)cc2)C1. The molecule has 0 saturated carbocycles. The van der Waals surface area contributed by atoms with E-state index in [1.165, 1.54) is 0 Å². The summed E-state index contributed by atoms with van der Waals surface area (Å²) in [5, 5.41) is 5.77. The van der Waals surface area contributed by atoms with E-state index in [0.29, 0.717) is 36.4 Å². The van der Waals surface area contributed by atoms with Crippen LogP contribution in [0.3, 0.4) is 0 Å². The Morgan fingerprint density at radius 1 is 1.00 bits per heavy atom. The van der Waals surface area contributed by atoms with Gasteiger partial charge in [0.1, 0.15) is 0 Å². The van der Waals surface area contributed by atoms with E-state index in [9.17, 15) is 14.4 Å². The lowest BCUT2D eigenvalue weighted by Gasteiger charge is -2.32. The van der Waals surface area contributed by atoms with Crippen molar-refractivity contribution in [1.29, 1.82) is 0 Å². The lowest BCUT2D eigenvalue weighted by Crippen LogP contribution is -2.45. The van der Waals surface area contributed by atoms with Gasteiger partial charge in [-0.1, -0.05) is 24.6 Å². The first-order chi connectivity index (χ1) is 14.5. The molecule has 2 N–H and O–H groups in total. The van der Waals surface area contributed by atoms with Crippen molar-refractivity contribution in [2.45, 2.75) is 33.1 Å². The highest BCUT2D eigenvalue weighted by molar-refractivity contribution is 6.04. The third kappa shape index (κ3) is 5.47. The molecule has 2 aromatic rings. The molecule has 0 radical (unpaired) electrons. The first-order valence-corrected chi connectivity index (χ1v) is 10.5. The van der Waals surface area contributed by atoms with Crippen LogP contribution in [0.25, 0.3) is 0 Å². The quantitative estimate of drug-likeness (QED) is 0.768. The minimum Gasteiger partial charge on any atom is -0.356 e. The third-order valence-electron chi connectivity index (χ3n) is 5.33. The summed E-state index contributed by atoms with van der Waals surface area (Å²) in [6, 6.07) is 14.2. The number of anilines is 1. The normalized spacial score (nSPS) is 16.1. The highest BCUT2D eigenvalue weighted by Crippen LogP contribution is 2.20. The Hall–Kier alpha value is -3.15. The van der Waals surface area contributed by atoms with Gasteiger partial charge in [0.05, 0.1) is 5.92 Å². The van der Waals surface area contributed by atoms with Gasteiger partial charge in [-0.05, 0) is 62.6 Å². The van der Waals surface area contributed by atoms with Crippen LogP contribution >= 0.6 is 0 Å². The van der Waals surface area contributed by atoms with Crippen molar-refractivity contribution < 1.29 is 14.4 Å². The van der Waals surface area contributed by atoms with Gasteiger partial charge in [0, 0.05) is 36.4 Å². The predicted molar refractivity (Wildman–Crippen MR) is 118 cm³/mol. The largest absolute Gasteiger partial charge is 0.356 e. The van der Waals surface area contributed by atoms with Crippen LogP contribution in [0.4, 0.5) is 5.69 Å². The number of carbonyl (C=O) groups excluding carboxylic acids is 3. The summed E-state index contributed by atoms with van der Waals surface area (Å²) in [4.78, 5) is 39.2. The van der Waals surface area contributed by atoms with Crippen LogP contribution in [-0.2, 0) is 4.79 Å². The molecule has 1 fully saturated rings. The number of benzene rings is 2. The van der Waals surface area contributed by atoms with E-state index in [0.717, 1.165) is 24.8 Å². The molecule has 6 heteroatoms. The number of hydrogen-bond donors (Lipinski definition) is 2. The summed E-state index contributed by atoms with van der Waals surface area (Å²) in [5.41, 5.74) is 2.87. The van der Waals surface area contributed by atoms with Crippen molar-refractivity contribution in [3.63, 3.8) is 0 Å². The fourth-order valence-corrected chi connectivity index (χ4v) is 3.56. The maximum atomic E-state index is 12.9. The van der Waals surface area contributed by atoms with Gasteiger partial charge in [-0.3, -0.25) is 14.4 Å². The Morgan fingerprint density at radius 2 is 1.67 bits per heavy atom. The minimum absolute atomic E-state index is 0.0310.